The first-order valence-corrected chi connectivity index (χ1v) is 7.95. The maximum absolute atomic E-state index is 12.4. The molecular weight excluding hydrogens is 302 g/mol. The normalized spacial score (nSPS) is 11.7. The summed E-state index contributed by atoms with van der Waals surface area (Å²) in [6.45, 7) is 4.50. The SMILES string of the molecule is CC(C)CCNC(=O)Nc1cccc(S(=O)(=O)C(F)F)c1. The molecule has 8 heteroatoms. The maximum Gasteiger partial charge on any atom is 0.341 e. The van der Waals surface area contributed by atoms with Gasteiger partial charge in [0.15, 0.2) is 0 Å². The molecule has 0 aromatic heterocycles. The summed E-state index contributed by atoms with van der Waals surface area (Å²) < 4.78 is 47.6. The zero-order valence-electron chi connectivity index (χ0n) is 11.8. The van der Waals surface area contributed by atoms with Crippen molar-refractivity contribution in [2.45, 2.75) is 30.9 Å². The molecule has 0 unspecified atom stereocenters. The van der Waals surface area contributed by atoms with Crippen LogP contribution in [0.5, 0.6) is 0 Å². The average molecular weight is 320 g/mol. The number of carbonyl (C=O) groups excluding carboxylic acids is 1. The first-order valence-electron chi connectivity index (χ1n) is 6.40. The molecule has 0 aliphatic carbocycles. The van der Waals surface area contributed by atoms with E-state index in [1.165, 1.54) is 12.1 Å². The average Bonchev–Trinajstić information content (AvgIpc) is 2.38. The van der Waals surface area contributed by atoms with Crippen LogP contribution in [-0.4, -0.2) is 26.8 Å². The second kappa shape index (κ2) is 7.35. The van der Waals surface area contributed by atoms with E-state index in [0.717, 1.165) is 18.6 Å². The van der Waals surface area contributed by atoms with Gasteiger partial charge in [0.1, 0.15) is 0 Å². The number of hydrogen-bond donors (Lipinski definition) is 2. The van der Waals surface area contributed by atoms with Gasteiger partial charge in [-0.2, -0.15) is 8.78 Å². The highest BCUT2D eigenvalue weighted by molar-refractivity contribution is 7.91. The fourth-order valence-corrected chi connectivity index (χ4v) is 2.27. The molecule has 0 radical (unpaired) electrons. The topological polar surface area (TPSA) is 75.3 Å². The van der Waals surface area contributed by atoms with Crippen LogP contribution in [-0.2, 0) is 9.84 Å². The summed E-state index contributed by atoms with van der Waals surface area (Å²) in [5.74, 6) is -3.06. The molecule has 5 nitrogen and oxygen atoms in total. The molecule has 21 heavy (non-hydrogen) atoms. The number of carbonyl (C=O) groups is 1. The maximum atomic E-state index is 12.4. The van der Waals surface area contributed by atoms with E-state index in [9.17, 15) is 22.0 Å². The second-order valence-electron chi connectivity index (χ2n) is 4.90. The van der Waals surface area contributed by atoms with Gasteiger partial charge in [-0.1, -0.05) is 19.9 Å². The Bertz CT molecular complexity index is 589. The molecule has 118 valence electrons. The van der Waals surface area contributed by atoms with Crippen molar-refractivity contribution in [2.75, 3.05) is 11.9 Å². The zero-order chi connectivity index (χ0) is 16.0. The van der Waals surface area contributed by atoms with E-state index in [1.807, 2.05) is 13.8 Å². The van der Waals surface area contributed by atoms with Crippen LogP contribution >= 0.6 is 0 Å². The van der Waals surface area contributed by atoms with Crippen LogP contribution in [0.2, 0.25) is 0 Å². The minimum absolute atomic E-state index is 0.138. The number of urea groups is 1. The molecule has 1 aromatic carbocycles. The van der Waals surface area contributed by atoms with Crippen molar-refractivity contribution in [3.05, 3.63) is 24.3 Å². The predicted molar refractivity (Wildman–Crippen MR) is 76.1 cm³/mol. The first kappa shape index (κ1) is 17.4. The fourth-order valence-electron chi connectivity index (χ4n) is 1.50. The van der Waals surface area contributed by atoms with Crippen molar-refractivity contribution in [1.29, 1.82) is 0 Å². The number of rotatable bonds is 6. The summed E-state index contributed by atoms with van der Waals surface area (Å²) in [6.07, 6.45) is 0.799. The quantitative estimate of drug-likeness (QED) is 0.846. The Morgan fingerprint density at radius 1 is 1.29 bits per heavy atom. The van der Waals surface area contributed by atoms with Crippen LogP contribution in [0.25, 0.3) is 0 Å². The second-order valence-corrected chi connectivity index (χ2v) is 6.81. The van der Waals surface area contributed by atoms with Gasteiger partial charge in [0.2, 0.25) is 9.84 Å². The van der Waals surface area contributed by atoms with Crippen molar-refractivity contribution in [2.24, 2.45) is 5.92 Å². The number of amides is 2. The van der Waals surface area contributed by atoms with Crippen molar-refractivity contribution < 1.29 is 22.0 Å². The van der Waals surface area contributed by atoms with Gasteiger partial charge in [-0.3, -0.25) is 0 Å². The van der Waals surface area contributed by atoms with Gasteiger partial charge in [0, 0.05) is 12.2 Å². The number of halogens is 2. The van der Waals surface area contributed by atoms with Crippen LogP contribution in [0.1, 0.15) is 20.3 Å². The number of sulfone groups is 1. The highest BCUT2D eigenvalue weighted by Crippen LogP contribution is 2.21. The molecule has 0 bridgehead atoms. The fraction of sp³-hybridized carbons (Fsp3) is 0.462. The minimum atomic E-state index is -4.67. The van der Waals surface area contributed by atoms with Crippen molar-refractivity contribution in [1.82, 2.24) is 5.32 Å². The smallest absolute Gasteiger partial charge is 0.338 e. The summed E-state index contributed by atoms with van der Waals surface area (Å²) in [4.78, 5) is 11.0. The molecule has 2 N–H and O–H groups in total. The van der Waals surface area contributed by atoms with E-state index in [-0.39, 0.29) is 5.69 Å². The van der Waals surface area contributed by atoms with Gasteiger partial charge in [-0.05, 0) is 30.5 Å². The Hall–Kier alpha value is -1.70. The van der Waals surface area contributed by atoms with Crippen LogP contribution in [0.3, 0.4) is 0 Å². The van der Waals surface area contributed by atoms with Gasteiger partial charge >= 0.3 is 11.8 Å². The van der Waals surface area contributed by atoms with Crippen molar-refractivity contribution >= 4 is 21.6 Å². The first-order chi connectivity index (χ1) is 9.73. The van der Waals surface area contributed by atoms with Crippen LogP contribution < -0.4 is 10.6 Å². The molecule has 1 aromatic rings. The molecular formula is C13H18F2N2O3S. The Balaban J connectivity index is 2.71. The summed E-state index contributed by atoms with van der Waals surface area (Å²) >= 11 is 0. The van der Waals surface area contributed by atoms with E-state index in [0.29, 0.717) is 12.5 Å². The van der Waals surface area contributed by atoms with E-state index in [1.54, 1.807) is 0 Å². The van der Waals surface area contributed by atoms with Gasteiger partial charge in [-0.25, -0.2) is 13.2 Å². The monoisotopic (exact) mass is 320 g/mol. The van der Waals surface area contributed by atoms with Crippen LogP contribution in [0.15, 0.2) is 29.2 Å². The molecule has 0 aliphatic rings. The number of anilines is 1. The molecule has 0 saturated carbocycles. The Morgan fingerprint density at radius 3 is 2.52 bits per heavy atom. The number of benzene rings is 1. The molecule has 0 spiro atoms. The number of alkyl halides is 2. The molecule has 0 heterocycles. The van der Waals surface area contributed by atoms with Gasteiger partial charge in [0.25, 0.3) is 0 Å². The third-order valence-corrected chi connectivity index (χ3v) is 4.04. The third-order valence-electron chi connectivity index (χ3n) is 2.66. The van der Waals surface area contributed by atoms with E-state index in [4.69, 9.17) is 0 Å². The molecule has 0 aliphatic heterocycles. The van der Waals surface area contributed by atoms with Crippen molar-refractivity contribution in [3.8, 4) is 0 Å². The van der Waals surface area contributed by atoms with E-state index in [2.05, 4.69) is 10.6 Å². The highest BCUT2D eigenvalue weighted by atomic mass is 32.2. The lowest BCUT2D eigenvalue weighted by atomic mass is 10.1. The van der Waals surface area contributed by atoms with E-state index >= 15 is 0 Å². The molecule has 0 saturated heterocycles. The lowest BCUT2D eigenvalue weighted by Crippen LogP contribution is -2.30. The van der Waals surface area contributed by atoms with Gasteiger partial charge < -0.3 is 10.6 Å². The summed E-state index contributed by atoms with van der Waals surface area (Å²) in [5, 5.41) is 5.00. The largest absolute Gasteiger partial charge is 0.341 e. The standard InChI is InChI=1S/C13H18F2N2O3S/c1-9(2)6-7-16-13(18)17-10-4-3-5-11(8-10)21(19,20)12(14)15/h3-5,8-9,12H,6-7H2,1-2H3,(H2,16,17,18). The zero-order valence-corrected chi connectivity index (χ0v) is 12.6. The predicted octanol–water partition coefficient (Wildman–Crippen LogP) is 2.85. The lowest BCUT2D eigenvalue weighted by molar-refractivity contribution is 0.235. The lowest BCUT2D eigenvalue weighted by Gasteiger charge is -2.10. The Morgan fingerprint density at radius 2 is 1.95 bits per heavy atom. The van der Waals surface area contributed by atoms with Crippen LogP contribution in [0, 0.1) is 5.92 Å². The Labute approximate surface area is 122 Å². The third kappa shape index (κ3) is 5.30. The molecule has 0 fully saturated rings. The van der Waals surface area contributed by atoms with E-state index < -0.39 is 26.5 Å². The highest BCUT2D eigenvalue weighted by Gasteiger charge is 2.26. The molecule has 2 amide bonds. The van der Waals surface area contributed by atoms with Crippen LogP contribution in [0.4, 0.5) is 19.3 Å². The number of hydrogen-bond acceptors (Lipinski definition) is 3. The minimum Gasteiger partial charge on any atom is -0.338 e. The summed E-state index contributed by atoms with van der Waals surface area (Å²) in [7, 11) is -4.67. The number of nitrogens with one attached hydrogen (secondary N) is 2. The molecule has 1 rings (SSSR count). The van der Waals surface area contributed by atoms with Gasteiger partial charge in [-0.15, -0.1) is 0 Å². The Kier molecular flexibility index (Phi) is 6.07. The summed E-state index contributed by atoms with van der Waals surface area (Å²) in [6, 6.07) is 4.26. The summed E-state index contributed by atoms with van der Waals surface area (Å²) in [5.41, 5.74) is 0.138. The molecule has 0 atom stereocenters. The van der Waals surface area contributed by atoms with Gasteiger partial charge in [0.05, 0.1) is 4.90 Å². The van der Waals surface area contributed by atoms with Crippen molar-refractivity contribution in [3.63, 3.8) is 0 Å².